The summed E-state index contributed by atoms with van der Waals surface area (Å²) in [7, 11) is 5.29. The van der Waals surface area contributed by atoms with Gasteiger partial charge < -0.3 is 48.2 Å². The van der Waals surface area contributed by atoms with Crippen molar-refractivity contribution in [3.05, 3.63) is 286 Å². The number of aryl methyl sites for hydroxylation is 2. The fourth-order valence-corrected chi connectivity index (χ4v) is 12.1. The van der Waals surface area contributed by atoms with Gasteiger partial charge in [-0.05, 0) is 60.4 Å². The van der Waals surface area contributed by atoms with Crippen molar-refractivity contribution in [1.29, 1.82) is 0 Å². The van der Waals surface area contributed by atoms with E-state index in [2.05, 4.69) is 50.3 Å². The number of pyridine rings is 2. The first-order valence-electron chi connectivity index (χ1n) is 35.0. The van der Waals surface area contributed by atoms with Crippen molar-refractivity contribution in [3.63, 3.8) is 0 Å². The number of amides is 4. The number of rotatable bonds is 18. The summed E-state index contributed by atoms with van der Waals surface area (Å²) in [4.78, 5) is 85.1. The van der Waals surface area contributed by atoms with Gasteiger partial charge in [0, 0.05) is 95.0 Å². The first-order chi connectivity index (χ1) is 52.2. The molecule has 0 saturated carbocycles. The highest BCUT2D eigenvalue weighted by Crippen LogP contribution is 2.27. The molecule has 4 aliphatic heterocycles. The predicted octanol–water partition coefficient (Wildman–Crippen LogP) is 9.53. The fraction of sp³-hybridized carbons (Fsp3) is 0.266. The van der Waals surface area contributed by atoms with Crippen LogP contribution in [-0.2, 0) is 78.8 Å². The lowest BCUT2D eigenvalue weighted by Crippen LogP contribution is -2.39. The molecular formula is C79H81N19O9. The van der Waals surface area contributed by atoms with Crippen molar-refractivity contribution in [2.75, 3.05) is 52.3 Å². The lowest BCUT2D eigenvalue weighted by molar-refractivity contribution is 0.0689. The number of hydrogen-bond donors (Lipinski definition) is 0. The second-order valence-corrected chi connectivity index (χ2v) is 25.7. The average Bonchev–Trinajstić information content (AvgIpc) is 1.72. The monoisotopic (exact) mass is 1440 g/mol. The SMILES string of the molecule is CN(C)c1cccc(C(=O)N2CCn3nc(OCc4ccccc4)cc3C2)n1.COc1nccnc1C(=O)N1CCn2nc(OCc3ccccc3)cc2C1.Cc1cccc(C(=O)N2CCn3nc(OCc4ccccc4)cc3C2)n1.Cc1ncc(C(=O)N2CCn3nc(OCc4ccccc4)cc3C2)cn1. The quantitative estimate of drug-likeness (QED) is 0.0772. The Balaban J connectivity index is 0.000000126. The molecule has 12 aromatic rings. The Morgan fingerprint density at radius 1 is 0.393 bits per heavy atom. The molecule has 0 radical (unpaired) electrons. The zero-order chi connectivity index (χ0) is 74.0. The van der Waals surface area contributed by atoms with E-state index in [1.54, 1.807) is 51.0 Å². The molecule has 0 spiro atoms. The summed E-state index contributed by atoms with van der Waals surface area (Å²) in [5.41, 5.74) is 10.7. The summed E-state index contributed by atoms with van der Waals surface area (Å²) < 4.78 is 35.9. The van der Waals surface area contributed by atoms with Crippen molar-refractivity contribution in [2.24, 2.45) is 0 Å². The van der Waals surface area contributed by atoms with E-state index in [-0.39, 0.29) is 35.2 Å². The van der Waals surface area contributed by atoms with Crippen LogP contribution in [0.5, 0.6) is 29.4 Å². The van der Waals surface area contributed by atoms with E-state index < -0.39 is 0 Å². The molecule has 0 saturated heterocycles. The van der Waals surface area contributed by atoms with Gasteiger partial charge >= 0.3 is 0 Å². The number of carbonyl (C=O) groups is 4. The van der Waals surface area contributed by atoms with Crippen LogP contribution in [0.2, 0.25) is 0 Å². The molecule has 107 heavy (non-hydrogen) atoms. The van der Waals surface area contributed by atoms with E-state index in [0.29, 0.717) is 151 Å². The van der Waals surface area contributed by atoms with Crippen molar-refractivity contribution >= 4 is 29.4 Å². The smallest absolute Gasteiger partial charge is 0.278 e. The van der Waals surface area contributed by atoms with Gasteiger partial charge in [0.05, 0.1) is 87.8 Å². The van der Waals surface area contributed by atoms with E-state index in [4.69, 9.17) is 23.7 Å². The molecule has 0 aliphatic carbocycles. The Morgan fingerprint density at radius 2 is 0.748 bits per heavy atom. The molecule has 28 nitrogen and oxygen atoms in total. The van der Waals surface area contributed by atoms with Crippen LogP contribution in [0.3, 0.4) is 0 Å². The van der Waals surface area contributed by atoms with Crippen LogP contribution in [-0.4, -0.2) is 160 Å². The van der Waals surface area contributed by atoms with Gasteiger partial charge in [-0.3, -0.25) is 37.9 Å². The summed E-state index contributed by atoms with van der Waals surface area (Å²) in [5.74, 6) is 3.57. The minimum absolute atomic E-state index is 0.0482. The van der Waals surface area contributed by atoms with E-state index in [1.165, 1.54) is 19.5 Å². The van der Waals surface area contributed by atoms with Crippen LogP contribution in [0.1, 0.15) is 98.4 Å². The Morgan fingerprint density at radius 3 is 1.12 bits per heavy atom. The highest BCUT2D eigenvalue weighted by molar-refractivity contribution is 5.95. The minimum atomic E-state index is -0.209. The lowest BCUT2D eigenvalue weighted by Gasteiger charge is -2.27. The zero-order valence-corrected chi connectivity index (χ0v) is 60.1. The predicted molar refractivity (Wildman–Crippen MR) is 394 cm³/mol. The number of methoxy groups -OCH3 is 1. The van der Waals surface area contributed by atoms with Gasteiger partial charge in [-0.1, -0.05) is 133 Å². The van der Waals surface area contributed by atoms with Gasteiger partial charge in [-0.15, -0.1) is 20.4 Å². The number of carbonyl (C=O) groups excluding carboxylic acids is 4. The second kappa shape index (κ2) is 34.4. The molecule has 4 aromatic carbocycles. The number of anilines is 1. The van der Waals surface area contributed by atoms with Crippen LogP contribution >= 0.6 is 0 Å². The number of ether oxygens (including phenoxy) is 5. The third-order valence-electron chi connectivity index (χ3n) is 17.8. The first-order valence-corrected chi connectivity index (χ1v) is 35.0. The van der Waals surface area contributed by atoms with E-state index in [1.807, 2.05) is 215 Å². The van der Waals surface area contributed by atoms with E-state index in [9.17, 15) is 19.2 Å². The number of hydrogen-bond acceptors (Lipinski definition) is 20. The maximum absolute atomic E-state index is 12.9. The molecule has 4 aliphatic rings. The van der Waals surface area contributed by atoms with Crippen molar-refractivity contribution in [2.45, 2.75) is 92.6 Å². The Bertz CT molecular complexity index is 4980. The standard InChI is InChI=1S/C21H23N5O2.C20H20N4O2.C19H19N5O3.C19H19N5O2/c1-24(2)19-10-6-9-18(22-19)21(27)25-11-12-26-17(14-25)13-20(23-26)28-15-16-7-4-3-5-8-16;1-15-6-5-9-18(21-15)20(25)23-10-11-24-17(13-23)12-19(22-24)26-14-16-7-3-2-4-8-16;1-26-18-17(20-7-8-21-18)19(25)23-9-10-24-15(12-23)11-16(22-24)27-13-14-5-3-2-4-6-14;1-14-20-10-16(11-21-14)19(25)23-7-8-24-17(12-23)9-18(22-24)26-13-15-5-3-2-4-6-15/h3-10,13H,11-12,14-15H2,1-2H3;2-9,12H,10-11,13-14H2,1H3;2-8,11H,9-10,12-13H2,1H3;2-6,9-11H,7-8,12-13H2,1H3. The number of benzene rings is 4. The fourth-order valence-electron chi connectivity index (χ4n) is 12.1. The average molecular weight is 1440 g/mol. The zero-order valence-electron chi connectivity index (χ0n) is 60.1. The highest BCUT2D eigenvalue weighted by atomic mass is 16.5. The van der Waals surface area contributed by atoms with E-state index >= 15 is 0 Å². The summed E-state index contributed by atoms with van der Waals surface area (Å²) >= 11 is 0. The second-order valence-electron chi connectivity index (χ2n) is 25.7. The Kier molecular flexibility index (Phi) is 23.2. The summed E-state index contributed by atoms with van der Waals surface area (Å²) in [5, 5.41) is 17.9. The topological polar surface area (TPSA) is 279 Å². The Labute approximate surface area is 618 Å². The van der Waals surface area contributed by atoms with Gasteiger partial charge in [-0.2, -0.15) is 0 Å². The van der Waals surface area contributed by atoms with Crippen LogP contribution in [0.15, 0.2) is 207 Å². The third kappa shape index (κ3) is 18.8. The minimum Gasteiger partial charge on any atom is -0.479 e. The molecule has 16 rings (SSSR count). The van der Waals surface area contributed by atoms with Gasteiger partial charge in [0.1, 0.15) is 49.5 Å². The maximum atomic E-state index is 12.9. The highest BCUT2D eigenvalue weighted by Gasteiger charge is 2.30. The lowest BCUT2D eigenvalue weighted by atomic mass is 10.2. The molecule has 546 valence electrons. The number of fused-ring (bicyclic) bond motifs is 4. The van der Waals surface area contributed by atoms with Crippen molar-refractivity contribution < 1.29 is 42.9 Å². The summed E-state index contributed by atoms with van der Waals surface area (Å²) in [6, 6.07) is 58.5. The van der Waals surface area contributed by atoms with Crippen LogP contribution < -0.4 is 28.6 Å². The maximum Gasteiger partial charge on any atom is 0.278 e. The van der Waals surface area contributed by atoms with Gasteiger partial charge in [0.15, 0.2) is 5.69 Å². The van der Waals surface area contributed by atoms with Crippen molar-refractivity contribution in [3.8, 4) is 29.4 Å². The molecule has 4 amide bonds. The summed E-state index contributed by atoms with van der Waals surface area (Å²) in [6.07, 6.45) is 6.13. The Hall–Kier alpha value is -13.1. The largest absolute Gasteiger partial charge is 0.479 e. The third-order valence-corrected chi connectivity index (χ3v) is 17.8. The van der Waals surface area contributed by atoms with Crippen LogP contribution in [0, 0.1) is 13.8 Å². The number of nitrogens with zero attached hydrogens (tertiary/aromatic N) is 19. The normalized spacial score (nSPS) is 13.2. The molecule has 0 atom stereocenters. The molecule has 0 fully saturated rings. The number of aromatic nitrogens is 14. The van der Waals surface area contributed by atoms with Crippen LogP contribution in [0.25, 0.3) is 0 Å². The van der Waals surface area contributed by atoms with Gasteiger partial charge in [0.25, 0.3) is 23.6 Å². The van der Waals surface area contributed by atoms with Crippen molar-refractivity contribution in [1.82, 2.24) is 88.6 Å². The summed E-state index contributed by atoms with van der Waals surface area (Å²) in [6.45, 7) is 12.4. The molecule has 28 heteroatoms. The molecular weight excluding hydrogens is 1360 g/mol. The van der Waals surface area contributed by atoms with Gasteiger partial charge in [-0.25, -0.2) is 29.9 Å². The molecule has 12 heterocycles. The molecule has 0 N–H and O–H groups in total. The van der Waals surface area contributed by atoms with Crippen LogP contribution in [0.4, 0.5) is 5.82 Å². The molecule has 8 aromatic heterocycles. The van der Waals surface area contributed by atoms with E-state index in [0.717, 1.165) is 56.5 Å². The first kappa shape index (κ1) is 72.2. The molecule has 0 bridgehead atoms. The van der Waals surface area contributed by atoms with Gasteiger partial charge in [0.2, 0.25) is 29.4 Å². The molecule has 0 unspecified atom stereocenters.